The molecule has 98 valence electrons. The summed E-state index contributed by atoms with van der Waals surface area (Å²) in [5.41, 5.74) is 1.29. The van der Waals surface area contributed by atoms with Crippen LogP contribution in [-0.2, 0) is 4.79 Å². The van der Waals surface area contributed by atoms with Gasteiger partial charge in [0.25, 0.3) is 0 Å². The van der Waals surface area contributed by atoms with Crippen molar-refractivity contribution in [1.29, 1.82) is 0 Å². The van der Waals surface area contributed by atoms with Crippen molar-refractivity contribution >= 4 is 21.8 Å². The molecule has 1 saturated heterocycles. The zero-order valence-electron chi connectivity index (χ0n) is 10.4. The van der Waals surface area contributed by atoms with Gasteiger partial charge in [-0.05, 0) is 31.5 Å². The Morgan fingerprint density at radius 2 is 1.94 bits per heavy atom. The van der Waals surface area contributed by atoms with Crippen LogP contribution in [0.2, 0.25) is 0 Å². The van der Waals surface area contributed by atoms with Crippen LogP contribution >= 0.6 is 15.9 Å². The number of rotatable bonds is 5. The van der Waals surface area contributed by atoms with Crippen LogP contribution in [0.25, 0.3) is 0 Å². The maximum Gasteiger partial charge on any atom is 0.230 e. The van der Waals surface area contributed by atoms with Crippen molar-refractivity contribution in [2.45, 2.75) is 18.9 Å². The van der Waals surface area contributed by atoms with Gasteiger partial charge in [0, 0.05) is 6.54 Å². The summed E-state index contributed by atoms with van der Waals surface area (Å²) in [4.78, 5) is 13.8. The van der Waals surface area contributed by atoms with Crippen molar-refractivity contribution in [3.63, 3.8) is 0 Å². The lowest BCUT2D eigenvalue weighted by Gasteiger charge is -2.28. The van der Waals surface area contributed by atoms with Crippen molar-refractivity contribution in [3.05, 3.63) is 35.9 Å². The van der Waals surface area contributed by atoms with Gasteiger partial charge in [0.15, 0.2) is 0 Å². The Balaban J connectivity index is 2.05. The quantitative estimate of drug-likeness (QED) is 0.847. The lowest BCUT2D eigenvalue weighted by molar-refractivity contribution is -0.118. The molecule has 1 unspecified atom stereocenters. The molecule has 18 heavy (non-hydrogen) atoms. The zero-order chi connectivity index (χ0) is 12.8. The maximum atomic E-state index is 11.4. The summed E-state index contributed by atoms with van der Waals surface area (Å²) in [6.07, 6.45) is 2.52. The lowest BCUT2D eigenvalue weighted by atomic mass is 10.1. The molecular formula is C14H19BrN2O. The second-order valence-corrected chi connectivity index (χ2v) is 5.17. The fourth-order valence-electron chi connectivity index (χ4n) is 2.44. The van der Waals surface area contributed by atoms with Crippen molar-refractivity contribution in [2.24, 2.45) is 0 Å². The molecule has 1 heterocycles. The summed E-state index contributed by atoms with van der Waals surface area (Å²) in [7, 11) is 0. The molecule has 1 aliphatic rings. The van der Waals surface area contributed by atoms with E-state index in [0.717, 1.165) is 13.1 Å². The Kier molecular flexibility index (Phi) is 5.20. The van der Waals surface area contributed by atoms with E-state index in [-0.39, 0.29) is 5.91 Å². The van der Waals surface area contributed by atoms with E-state index in [1.54, 1.807) is 0 Å². The third-order valence-corrected chi connectivity index (χ3v) is 3.89. The van der Waals surface area contributed by atoms with Gasteiger partial charge in [-0.2, -0.15) is 0 Å². The highest BCUT2D eigenvalue weighted by Gasteiger charge is 2.23. The second kappa shape index (κ2) is 6.90. The fourth-order valence-corrected chi connectivity index (χ4v) is 2.64. The molecule has 0 radical (unpaired) electrons. The summed E-state index contributed by atoms with van der Waals surface area (Å²) in [6.45, 7) is 2.95. The molecule has 1 N–H and O–H groups in total. The number of hydrogen-bond donors (Lipinski definition) is 1. The van der Waals surface area contributed by atoms with E-state index in [0.29, 0.717) is 17.9 Å². The largest absolute Gasteiger partial charge is 0.353 e. The first-order valence-corrected chi connectivity index (χ1v) is 7.55. The highest BCUT2D eigenvalue weighted by molar-refractivity contribution is 9.09. The van der Waals surface area contributed by atoms with Gasteiger partial charge < -0.3 is 5.32 Å². The van der Waals surface area contributed by atoms with Gasteiger partial charge in [-0.3, -0.25) is 9.69 Å². The van der Waals surface area contributed by atoms with Crippen LogP contribution in [0.4, 0.5) is 0 Å². The van der Waals surface area contributed by atoms with Crippen molar-refractivity contribution in [3.8, 4) is 0 Å². The van der Waals surface area contributed by atoms with Crippen LogP contribution in [0.1, 0.15) is 24.4 Å². The van der Waals surface area contributed by atoms with Crippen LogP contribution in [0.3, 0.4) is 0 Å². The molecule has 0 aromatic heterocycles. The van der Waals surface area contributed by atoms with E-state index in [1.165, 1.54) is 18.4 Å². The monoisotopic (exact) mass is 310 g/mol. The number of carbonyl (C=O) groups is 1. The van der Waals surface area contributed by atoms with Crippen molar-refractivity contribution in [2.75, 3.05) is 25.0 Å². The predicted octanol–water partition coefficient (Wildman–Crippen LogP) is 2.33. The molecule has 0 spiro atoms. The van der Waals surface area contributed by atoms with Gasteiger partial charge in [0.1, 0.15) is 0 Å². The minimum Gasteiger partial charge on any atom is -0.353 e. The Morgan fingerprint density at radius 1 is 1.28 bits per heavy atom. The van der Waals surface area contributed by atoms with Gasteiger partial charge in [-0.1, -0.05) is 46.3 Å². The highest BCUT2D eigenvalue weighted by Crippen LogP contribution is 2.24. The minimum absolute atomic E-state index is 0.0510. The number of nitrogens with zero attached hydrogens (tertiary/aromatic N) is 1. The molecule has 1 aromatic carbocycles. The van der Waals surface area contributed by atoms with E-state index >= 15 is 0 Å². The molecule has 0 saturated carbocycles. The van der Waals surface area contributed by atoms with Crippen LogP contribution in [-0.4, -0.2) is 35.8 Å². The lowest BCUT2D eigenvalue weighted by Crippen LogP contribution is -2.37. The summed E-state index contributed by atoms with van der Waals surface area (Å²) in [5.74, 6) is 0.0510. The van der Waals surface area contributed by atoms with E-state index in [2.05, 4.69) is 50.4 Å². The van der Waals surface area contributed by atoms with Crippen LogP contribution < -0.4 is 5.32 Å². The molecule has 0 bridgehead atoms. The first-order valence-electron chi connectivity index (χ1n) is 6.43. The number of alkyl halides is 1. The third kappa shape index (κ3) is 3.56. The normalized spacial score (nSPS) is 17.6. The first kappa shape index (κ1) is 13.6. The van der Waals surface area contributed by atoms with E-state index in [4.69, 9.17) is 0 Å². The number of hydrogen-bond acceptors (Lipinski definition) is 2. The molecular weight excluding hydrogens is 292 g/mol. The van der Waals surface area contributed by atoms with Gasteiger partial charge in [0.2, 0.25) is 5.91 Å². The molecule has 2 rings (SSSR count). The van der Waals surface area contributed by atoms with Crippen LogP contribution in [0.5, 0.6) is 0 Å². The van der Waals surface area contributed by atoms with Gasteiger partial charge in [-0.15, -0.1) is 0 Å². The van der Waals surface area contributed by atoms with Gasteiger partial charge >= 0.3 is 0 Å². The van der Waals surface area contributed by atoms with Crippen molar-refractivity contribution in [1.82, 2.24) is 10.2 Å². The van der Waals surface area contributed by atoms with E-state index in [9.17, 15) is 4.79 Å². The van der Waals surface area contributed by atoms with E-state index < -0.39 is 0 Å². The Bertz CT molecular complexity index is 377. The minimum atomic E-state index is 0.0510. The number of carbonyl (C=O) groups excluding carboxylic acids is 1. The number of amides is 1. The average Bonchev–Trinajstić information content (AvgIpc) is 2.94. The standard InChI is InChI=1S/C14H19BrN2O/c15-10-14(18)16-11-13(17-8-4-5-9-17)12-6-2-1-3-7-12/h1-3,6-7,13H,4-5,8-11H2,(H,16,18). The molecule has 3 nitrogen and oxygen atoms in total. The van der Waals surface area contributed by atoms with Gasteiger partial charge in [-0.25, -0.2) is 0 Å². The summed E-state index contributed by atoms with van der Waals surface area (Å²) in [5, 5.41) is 3.35. The molecule has 1 aromatic rings. The van der Waals surface area contributed by atoms with Crippen LogP contribution in [0, 0.1) is 0 Å². The summed E-state index contributed by atoms with van der Waals surface area (Å²) >= 11 is 3.18. The predicted molar refractivity (Wildman–Crippen MR) is 76.8 cm³/mol. The number of nitrogens with one attached hydrogen (secondary N) is 1. The number of halogens is 1. The van der Waals surface area contributed by atoms with Gasteiger partial charge in [0.05, 0.1) is 11.4 Å². The molecule has 1 fully saturated rings. The Hall–Kier alpha value is -0.870. The number of likely N-dealkylation sites (tertiary alicyclic amines) is 1. The highest BCUT2D eigenvalue weighted by atomic mass is 79.9. The maximum absolute atomic E-state index is 11.4. The smallest absolute Gasteiger partial charge is 0.230 e. The van der Waals surface area contributed by atoms with Crippen molar-refractivity contribution < 1.29 is 4.79 Å². The summed E-state index contributed by atoms with van der Waals surface area (Å²) in [6, 6.07) is 10.7. The molecule has 4 heteroatoms. The average molecular weight is 311 g/mol. The van der Waals surface area contributed by atoms with Crippen LogP contribution in [0.15, 0.2) is 30.3 Å². The summed E-state index contributed by atoms with van der Waals surface area (Å²) < 4.78 is 0. The topological polar surface area (TPSA) is 32.3 Å². The SMILES string of the molecule is O=C(CBr)NCC(c1ccccc1)N1CCCC1. The molecule has 1 atom stereocenters. The molecule has 1 aliphatic heterocycles. The molecule has 0 aliphatic carbocycles. The Labute approximate surface area is 117 Å². The zero-order valence-corrected chi connectivity index (χ0v) is 12.0. The fraction of sp³-hybridized carbons (Fsp3) is 0.500. The molecule has 1 amide bonds. The third-order valence-electron chi connectivity index (χ3n) is 3.38. The second-order valence-electron chi connectivity index (χ2n) is 4.61. The number of benzene rings is 1. The first-order chi connectivity index (χ1) is 8.81. The van der Waals surface area contributed by atoms with E-state index in [1.807, 2.05) is 6.07 Å². The Morgan fingerprint density at radius 3 is 2.56 bits per heavy atom.